The van der Waals surface area contributed by atoms with Crippen molar-refractivity contribution in [3.63, 3.8) is 0 Å². The van der Waals surface area contributed by atoms with Crippen LogP contribution in [0.15, 0.2) is 48.5 Å². The Kier molecular flexibility index (Phi) is 3.76. The Labute approximate surface area is 108 Å². The van der Waals surface area contributed by atoms with E-state index in [9.17, 15) is 13.2 Å². The van der Waals surface area contributed by atoms with E-state index in [4.69, 9.17) is 5.11 Å². The zero-order chi connectivity index (χ0) is 13.9. The fourth-order valence-corrected chi connectivity index (χ4v) is 1.76. The molecule has 2 rings (SSSR count). The summed E-state index contributed by atoms with van der Waals surface area (Å²) >= 11 is 0. The maximum absolute atomic E-state index is 12.3. The second-order valence-electron chi connectivity index (χ2n) is 3.90. The number of aliphatic hydroxyl groups excluding tert-OH is 1. The molecule has 0 aliphatic rings. The highest BCUT2D eigenvalue weighted by atomic mass is 19.4. The molecule has 1 N–H and O–H groups in total. The Balaban J connectivity index is 2.44. The number of para-hydroxylation sites is 1. The molecule has 0 aliphatic carbocycles. The minimum absolute atomic E-state index is 0.171. The monoisotopic (exact) mass is 268 g/mol. The zero-order valence-corrected chi connectivity index (χ0v) is 9.82. The van der Waals surface area contributed by atoms with Gasteiger partial charge in [0.1, 0.15) is 5.75 Å². The number of benzene rings is 2. The molecule has 0 saturated heterocycles. The highest BCUT2D eigenvalue weighted by Crippen LogP contribution is 2.33. The molecule has 0 saturated carbocycles. The normalized spacial score (nSPS) is 11.4. The van der Waals surface area contributed by atoms with Gasteiger partial charge in [0.25, 0.3) is 0 Å². The van der Waals surface area contributed by atoms with Crippen LogP contribution >= 0.6 is 0 Å². The first-order valence-corrected chi connectivity index (χ1v) is 5.54. The van der Waals surface area contributed by atoms with Gasteiger partial charge in [0.15, 0.2) is 0 Å². The molecule has 2 aromatic rings. The topological polar surface area (TPSA) is 29.5 Å². The van der Waals surface area contributed by atoms with E-state index in [2.05, 4.69) is 4.74 Å². The van der Waals surface area contributed by atoms with Gasteiger partial charge in [-0.25, -0.2) is 0 Å². The Hall–Kier alpha value is -2.01. The summed E-state index contributed by atoms with van der Waals surface area (Å²) in [5.74, 6) is -0.259. The average Bonchev–Trinajstić information content (AvgIpc) is 2.37. The molecule has 5 heteroatoms. The average molecular weight is 268 g/mol. The fourth-order valence-electron chi connectivity index (χ4n) is 1.76. The summed E-state index contributed by atoms with van der Waals surface area (Å²) in [6.07, 6.45) is -4.73. The van der Waals surface area contributed by atoms with Gasteiger partial charge in [0, 0.05) is 5.56 Å². The van der Waals surface area contributed by atoms with Gasteiger partial charge in [-0.3, -0.25) is 0 Å². The van der Waals surface area contributed by atoms with E-state index in [1.165, 1.54) is 18.2 Å². The SMILES string of the molecule is OCc1cccc(-c2ccccc2OC(F)(F)F)c1. The Bertz CT molecular complexity index is 565. The number of halogens is 3. The highest BCUT2D eigenvalue weighted by molar-refractivity contribution is 5.70. The molecule has 0 aliphatic heterocycles. The molecule has 19 heavy (non-hydrogen) atoms. The van der Waals surface area contributed by atoms with Crippen molar-refractivity contribution in [3.8, 4) is 16.9 Å². The lowest BCUT2D eigenvalue weighted by Crippen LogP contribution is -2.17. The lowest BCUT2D eigenvalue weighted by atomic mass is 10.0. The molecule has 0 aromatic heterocycles. The number of hydrogen-bond acceptors (Lipinski definition) is 2. The Morgan fingerprint density at radius 3 is 2.42 bits per heavy atom. The number of aliphatic hydroxyl groups is 1. The Morgan fingerprint density at radius 2 is 1.74 bits per heavy atom. The van der Waals surface area contributed by atoms with Gasteiger partial charge in [-0.2, -0.15) is 0 Å². The molecule has 0 radical (unpaired) electrons. The van der Waals surface area contributed by atoms with Crippen LogP contribution in [-0.2, 0) is 6.61 Å². The number of alkyl halides is 3. The molecule has 0 heterocycles. The lowest BCUT2D eigenvalue weighted by molar-refractivity contribution is -0.274. The van der Waals surface area contributed by atoms with Gasteiger partial charge in [-0.1, -0.05) is 36.4 Å². The minimum atomic E-state index is -4.73. The fraction of sp³-hybridized carbons (Fsp3) is 0.143. The summed E-state index contributed by atoms with van der Waals surface area (Å²) < 4.78 is 41.0. The molecule has 0 bridgehead atoms. The predicted molar refractivity (Wildman–Crippen MR) is 64.5 cm³/mol. The molecule has 0 spiro atoms. The van der Waals surface area contributed by atoms with Gasteiger partial charge < -0.3 is 9.84 Å². The van der Waals surface area contributed by atoms with Crippen LogP contribution in [0.4, 0.5) is 13.2 Å². The molecular formula is C14H11F3O2. The van der Waals surface area contributed by atoms with Crippen LogP contribution in [0.3, 0.4) is 0 Å². The largest absolute Gasteiger partial charge is 0.573 e. The van der Waals surface area contributed by atoms with Crippen molar-refractivity contribution in [3.05, 3.63) is 54.1 Å². The smallest absolute Gasteiger partial charge is 0.405 e. The van der Waals surface area contributed by atoms with Crippen LogP contribution in [0, 0.1) is 0 Å². The number of hydrogen-bond donors (Lipinski definition) is 1. The zero-order valence-electron chi connectivity index (χ0n) is 9.82. The van der Waals surface area contributed by atoms with Gasteiger partial charge in [0.05, 0.1) is 6.61 Å². The molecule has 2 nitrogen and oxygen atoms in total. The maximum Gasteiger partial charge on any atom is 0.573 e. The van der Waals surface area contributed by atoms with Crippen LogP contribution < -0.4 is 4.74 Å². The summed E-state index contributed by atoms with van der Waals surface area (Å²) in [5, 5.41) is 9.05. The maximum atomic E-state index is 12.3. The van der Waals surface area contributed by atoms with E-state index >= 15 is 0 Å². The third-order valence-electron chi connectivity index (χ3n) is 2.53. The van der Waals surface area contributed by atoms with Crippen LogP contribution in [0.5, 0.6) is 5.75 Å². The van der Waals surface area contributed by atoms with E-state index < -0.39 is 6.36 Å². The molecular weight excluding hydrogens is 257 g/mol. The molecule has 100 valence electrons. The van der Waals surface area contributed by atoms with Gasteiger partial charge >= 0.3 is 6.36 Å². The van der Waals surface area contributed by atoms with Gasteiger partial charge in [-0.15, -0.1) is 13.2 Å². The first kappa shape index (κ1) is 13.4. The van der Waals surface area contributed by atoms with Gasteiger partial charge in [0.2, 0.25) is 0 Å². The van der Waals surface area contributed by atoms with Crippen molar-refractivity contribution in [1.29, 1.82) is 0 Å². The van der Waals surface area contributed by atoms with Crippen LogP contribution in [0.1, 0.15) is 5.56 Å². The molecule has 0 amide bonds. The molecule has 0 unspecified atom stereocenters. The second-order valence-corrected chi connectivity index (χ2v) is 3.90. The second kappa shape index (κ2) is 5.32. The summed E-state index contributed by atoms with van der Waals surface area (Å²) in [6.45, 7) is -0.171. The predicted octanol–water partition coefficient (Wildman–Crippen LogP) is 3.74. The quantitative estimate of drug-likeness (QED) is 0.918. The standard InChI is InChI=1S/C14H11F3O2/c15-14(16,17)19-13-7-2-1-6-12(13)11-5-3-4-10(8-11)9-18/h1-8,18H,9H2. The van der Waals surface area contributed by atoms with E-state index in [0.29, 0.717) is 16.7 Å². The van der Waals surface area contributed by atoms with E-state index in [1.807, 2.05) is 0 Å². The third kappa shape index (κ3) is 3.48. The Morgan fingerprint density at radius 1 is 1.00 bits per heavy atom. The van der Waals surface area contributed by atoms with Crippen molar-refractivity contribution >= 4 is 0 Å². The van der Waals surface area contributed by atoms with Crippen molar-refractivity contribution in [2.45, 2.75) is 13.0 Å². The van der Waals surface area contributed by atoms with Crippen molar-refractivity contribution in [2.24, 2.45) is 0 Å². The first-order chi connectivity index (χ1) is 8.99. The molecule has 0 atom stereocenters. The third-order valence-corrected chi connectivity index (χ3v) is 2.53. The van der Waals surface area contributed by atoms with Crippen LogP contribution in [0.2, 0.25) is 0 Å². The molecule has 0 fully saturated rings. The minimum Gasteiger partial charge on any atom is -0.405 e. The van der Waals surface area contributed by atoms with E-state index in [1.54, 1.807) is 30.3 Å². The van der Waals surface area contributed by atoms with Crippen LogP contribution in [-0.4, -0.2) is 11.5 Å². The van der Waals surface area contributed by atoms with Gasteiger partial charge in [-0.05, 0) is 23.3 Å². The van der Waals surface area contributed by atoms with Crippen molar-refractivity contribution in [1.82, 2.24) is 0 Å². The summed E-state index contributed by atoms with van der Waals surface area (Å²) in [4.78, 5) is 0. The van der Waals surface area contributed by atoms with E-state index in [-0.39, 0.29) is 12.4 Å². The van der Waals surface area contributed by atoms with E-state index in [0.717, 1.165) is 0 Å². The first-order valence-electron chi connectivity index (χ1n) is 5.54. The summed E-state index contributed by atoms with van der Waals surface area (Å²) in [5.41, 5.74) is 1.51. The summed E-state index contributed by atoms with van der Waals surface area (Å²) in [6, 6.07) is 12.6. The van der Waals surface area contributed by atoms with Crippen molar-refractivity contribution < 1.29 is 23.0 Å². The lowest BCUT2D eigenvalue weighted by Gasteiger charge is -2.13. The van der Waals surface area contributed by atoms with Crippen LogP contribution in [0.25, 0.3) is 11.1 Å². The summed E-state index contributed by atoms with van der Waals surface area (Å²) in [7, 11) is 0. The highest BCUT2D eigenvalue weighted by Gasteiger charge is 2.32. The molecule has 2 aromatic carbocycles. The van der Waals surface area contributed by atoms with Crippen molar-refractivity contribution in [2.75, 3.05) is 0 Å². The number of ether oxygens (including phenoxy) is 1. The number of rotatable bonds is 3.